The van der Waals surface area contributed by atoms with E-state index in [2.05, 4.69) is 14.8 Å². The van der Waals surface area contributed by atoms with Gasteiger partial charge in [0.2, 0.25) is 0 Å². The third-order valence-electron chi connectivity index (χ3n) is 2.38. The van der Waals surface area contributed by atoms with E-state index in [1.165, 1.54) is 19.2 Å². The molecule has 0 saturated heterocycles. The van der Waals surface area contributed by atoms with Gasteiger partial charge in [-0.15, -0.1) is 0 Å². The first-order valence-corrected chi connectivity index (χ1v) is 6.09. The minimum absolute atomic E-state index is 0.0969. The summed E-state index contributed by atoms with van der Waals surface area (Å²) < 4.78 is 27.7. The van der Waals surface area contributed by atoms with Crippen LogP contribution in [-0.2, 0) is 19.1 Å². The van der Waals surface area contributed by atoms with Crippen LogP contribution in [0.1, 0.15) is 6.92 Å². The Balaban J connectivity index is 2.99. The molecule has 0 radical (unpaired) electrons. The van der Waals surface area contributed by atoms with Crippen molar-refractivity contribution in [2.24, 2.45) is 0 Å². The Morgan fingerprint density at radius 1 is 1.29 bits per heavy atom. The van der Waals surface area contributed by atoms with Gasteiger partial charge in [-0.3, -0.25) is 0 Å². The van der Waals surface area contributed by atoms with Gasteiger partial charge in [-0.05, 0) is 19.1 Å². The largest absolute Gasteiger partial charge is 0.491 e. The topological polar surface area (TPSA) is 73.9 Å². The van der Waals surface area contributed by atoms with Crippen molar-refractivity contribution in [3.8, 4) is 5.75 Å². The van der Waals surface area contributed by atoms with Crippen LogP contribution in [0.4, 0.5) is 10.1 Å². The molecule has 0 spiro atoms. The first-order valence-electron chi connectivity index (χ1n) is 6.09. The molecule has 114 valence electrons. The molecule has 0 bridgehead atoms. The lowest BCUT2D eigenvalue weighted by atomic mass is 10.2. The summed E-state index contributed by atoms with van der Waals surface area (Å²) in [6, 6.07) is 4.05. The molecule has 0 amide bonds. The van der Waals surface area contributed by atoms with E-state index in [1.807, 2.05) is 0 Å². The second-order valence-electron chi connectivity index (χ2n) is 3.78. The van der Waals surface area contributed by atoms with Crippen LogP contribution in [0.25, 0.3) is 0 Å². The van der Waals surface area contributed by atoms with E-state index in [-0.39, 0.29) is 17.1 Å². The fraction of sp³-hybridized carbons (Fsp3) is 0.286. The molecule has 0 unspecified atom stereocenters. The molecule has 1 aromatic carbocycles. The molecule has 0 fully saturated rings. The van der Waals surface area contributed by atoms with E-state index in [0.717, 1.165) is 19.3 Å². The number of anilines is 1. The summed E-state index contributed by atoms with van der Waals surface area (Å²) in [6.07, 6.45) is 0.917. The van der Waals surface area contributed by atoms with E-state index in [0.29, 0.717) is 6.61 Å². The van der Waals surface area contributed by atoms with Gasteiger partial charge in [0, 0.05) is 11.8 Å². The highest BCUT2D eigenvalue weighted by Crippen LogP contribution is 2.22. The summed E-state index contributed by atoms with van der Waals surface area (Å²) in [4.78, 5) is 22.7. The molecular weight excluding hydrogens is 281 g/mol. The van der Waals surface area contributed by atoms with Crippen molar-refractivity contribution >= 4 is 17.6 Å². The molecule has 1 aromatic rings. The van der Waals surface area contributed by atoms with Crippen molar-refractivity contribution in [2.45, 2.75) is 6.92 Å². The maximum absolute atomic E-state index is 13.7. The van der Waals surface area contributed by atoms with Gasteiger partial charge >= 0.3 is 11.9 Å². The number of halogens is 1. The molecule has 0 heterocycles. The van der Waals surface area contributed by atoms with Gasteiger partial charge in [0.1, 0.15) is 5.70 Å². The van der Waals surface area contributed by atoms with Crippen LogP contribution >= 0.6 is 0 Å². The Morgan fingerprint density at radius 2 is 2.00 bits per heavy atom. The van der Waals surface area contributed by atoms with Crippen molar-refractivity contribution in [1.82, 2.24) is 0 Å². The normalized spacial score (nSPS) is 10.8. The van der Waals surface area contributed by atoms with Crippen LogP contribution in [-0.4, -0.2) is 32.8 Å². The maximum atomic E-state index is 13.7. The van der Waals surface area contributed by atoms with Gasteiger partial charge in [-0.2, -0.15) is 0 Å². The molecule has 6 nitrogen and oxygen atoms in total. The first kappa shape index (κ1) is 16.5. The van der Waals surface area contributed by atoms with Gasteiger partial charge < -0.3 is 19.5 Å². The average Bonchev–Trinajstić information content (AvgIpc) is 2.48. The zero-order chi connectivity index (χ0) is 15.8. The van der Waals surface area contributed by atoms with Crippen molar-refractivity contribution in [3.05, 3.63) is 35.8 Å². The van der Waals surface area contributed by atoms with E-state index < -0.39 is 17.8 Å². The SMILES string of the molecule is CCOc1ccc(N/C(=C/C(=O)OC)C(=O)OC)cc1F. The second-order valence-corrected chi connectivity index (χ2v) is 3.78. The first-order chi connectivity index (χ1) is 10.0. The smallest absolute Gasteiger partial charge is 0.354 e. The Hall–Kier alpha value is -2.57. The van der Waals surface area contributed by atoms with E-state index >= 15 is 0 Å². The minimum Gasteiger partial charge on any atom is -0.491 e. The minimum atomic E-state index is -0.783. The van der Waals surface area contributed by atoms with E-state index in [1.54, 1.807) is 6.92 Å². The zero-order valence-electron chi connectivity index (χ0n) is 11.9. The highest BCUT2D eigenvalue weighted by atomic mass is 19.1. The van der Waals surface area contributed by atoms with Gasteiger partial charge in [0.25, 0.3) is 0 Å². The lowest BCUT2D eigenvalue weighted by Gasteiger charge is -2.10. The van der Waals surface area contributed by atoms with Crippen LogP contribution < -0.4 is 10.1 Å². The number of ether oxygens (including phenoxy) is 3. The number of carbonyl (C=O) groups excluding carboxylic acids is 2. The van der Waals surface area contributed by atoms with E-state index in [4.69, 9.17) is 4.74 Å². The lowest BCUT2D eigenvalue weighted by molar-refractivity contribution is -0.138. The van der Waals surface area contributed by atoms with Crippen molar-refractivity contribution in [3.63, 3.8) is 0 Å². The molecule has 0 aliphatic rings. The predicted molar refractivity (Wildman–Crippen MR) is 73.3 cm³/mol. The Labute approximate surface area is 121 Å². The molecule has 7 heteroatoms. The van der Waals surface area contributed by atoms with Crippen LogP contribution in [0.15, 0.2) is 30.0 Å². The number of nitrogens with one attached hydrogen (secondary N) is 1. The third kappa shape index (κ3) is 4.79. The monoisotopic (exact) mass is 297 g/mol. The quantitative estimate of drug-likeness (QED) is 0.638. The predicted octanol–water partition coefficient (Wildman–Crippen LogP) is 1.87. The molecule has 0 saturated carbocycles. The molecule has 0 aromatic heterocycles. The molecule has 0 atom stereocenters. The average molecular weight is 297 g/mol. The second kappa shape index (κ2) is 7.88. The highest BCUT2D eigenvalue weighted by molar-refractivity contribution is 5.98. The molecule has 21 heavy (non-hydrogen) atoms. The Bertz CT molecular complexity index is 556. The van der Waals surface area contributed by atoms with Crippen LogP contribution in [0.2, 0.25) is 0 Å². The van der Waals surface area contributed by atoms with Crippen molar-refractivity contribution < 1.29 is 28.2 Å². The molecular formula is C14H16FNO5. The molecule has 0 aliphatic carbocycles. The number of carbonyl (C=O) groups is 2. The summed E-state index contributed by atoms with van der Waals surface area (Å²) >= 11 is 0. The van der Waals surface area contributed by atoms with Gasteiger partial charge in [0.15, 0.2) is 11.6 Å². The van der Waals surface area contributed by atoms with Crippen LogP contribution in [0.5, 0.6) is 5.75 Å². The molecule has 1 N–H and O–H groups in total. The number of hydrogen-bond acceptors (Lipinski definition) is 6. The standard InChI is InChI=1S/C14H16FNO5/c1-4-21-12-6-5-9(7-10(12)15)16-11(14(18)20-3)8-13(17)19-2/h5-8,16H,4H2,1-3H3/b11-8+. The summed E-state index contributed by atoms with van der Waals surface area (Å²) in [5, 5.41) is 2.60. The fourth-order valence-electron chi connectivity index (χ4n) is 1.44. The third-order valence-corrected chi connectivity index (χ3v) is 2.38. The van der Waals surface area contributed by atoms with Crippen molar-refractivity contribution in [2.75, 3.05) is 26.1 Å². The summed E-state index contributed by atoms with van der Waals surface area (Å²) in [5.41, 5.74) is 0.0874. The highest BCUT2D eigenvalue weighted by Gasteiger charge is 2.14. The van der Waals surface area contributed by atoms with E-state index in [9.17, 15) is 14.0 Å². The summed E-state index contributed by atoms with van der Waals surface area (Å²) in [7, 11) is 2.33. The lowest BCUT2D eigenvalue weighted by Crippen LogP contribution is -2.15. The van der Waals surface area contributed by atoms with Gasteiger partial charge in [-0.1, -0.05) is 0 Å². The van der Waals surface area contributed by atoms with Crippen LogP contribution in [0.3, 0.4) is 0 Å². The summed E-state index contributed by atoms with van der Waals surface area (Å²) in [5.74, 6) is -2.02. The number of hydrogen-bond donors (Lipinski definition) is 1. The fourth-order valence-corrected chi connectivity index (χ4v) is 1.44. The maximum Gasteiger partial charge on any atom is 0.354 e. The van der Waals surface area contributed by atoms with Gasteiger partial charge in [0.05, 0.1) is 26.9 Å². The van der Waals surface area contributed by atoms with Gasteiger partial charge in [-0.25, -0.2) is 14.0 Å². The summed E-state index contributed by atoms with van der Waals surface area (Å²) in [6.45, 7) is 2.07. The Kier molecular flexibility index (Phi) is 6.19. The molecule has 1 rings (SSSR count). The molecule has 0 aliphatic heterocycles. The Morgan fingerprint density at radius 3 is 2.52 bits per heavy atom. The number of esters is 2. The number of benzene rings is 1. The number of rotatable bonds is 6. The zero-order valence-corrected chi connectivity index (χ0v) is 11.9. The van der Waals surface area contributed by atoms with Crippen LogP contribution in [0, 0.1) is 5.82 Å². The van der Waals surface area contributed by atoms with Crippen molar-refractivity contribution in [1.29, 1.82) is 0 Å². The number of methoxy groups -OCH3 is 2.